The van der Waals surface area contributed by atoms with Crippen LogP contribution in [-0.4, -0.2) is 19.6 Å². The molecule has 130 valence electrons. The molecular weight excluding hydrogens is 418 g/mol. The third kappa shape index (κ3) is 6.48. The van der Waals surface area contributed by atoms with Gasteiger partial charge in [0.15, 0.2) is 5.96 Å². The zero-order valence-electron chi connectivity index (χ0n) is 13.9. The molecule has 0 atom stereocenters. The SMILES string of the molecule is CN=C(NCCC1=CCCCC1)NCc1cc(C#N)ccc1F.I. The third-order valence-electron chi connectivity index (χ3n) is 3.97. The number of nitriles is 1. The molecule has 0 bridgehead atoms. The molecule has 0 fully saturated rings. The second kappa shape index (κ2) is 11.0. The molecular formula is C18H24FIN4. The highest BCUT2D eigenvalue weighted by atomic mass is 127. The predicted octanol–water partition coefficient (Wildman–Crippen LogP) is 3.87. The molecule has 0 amide bonds. The van der Waals surface area contributed by atoms with E-state index in [1.54, 1.807) is 13.1 Å². The van der Waals surface area contributed by atoms with E-state index in [1.165, 1.54) is 43.4 Å². The van der Waals surface area contributed by atoms with E-state index >= 15 is 0 Å². The van der Waals surface area contributed by atoms with Crippen LogP contribution in [0.25, 0.3) is 0 Å². The monoisotopic (exact) mass is 442 g/mol. The Morgan fingerprint density at radius 3 is 2.83 bits per heavy atom. The van der Waals surface area contributed by atoms with Crippen molar-refractivity contribution in [3.63, 3.8) is 0 Å². The maximum absolute atomic E-state index is 13.7. The Bertz CT molecular complexity index is 634. The number of guanidine groups is 1. The molecule has 2 N–H and O–H groups in total. The number of allylic oxidation sites excluding steroid dienone is 1. The number of nitrogens with zero attached hydrogens (tertiary/aromatic N) is 2. The molecule has 0 unspecified atom stereocenters. The van der Waals surface area contributed by atoms with Crippen LogP contribution in [0.1, 0.15) is 43.2 Å². The molecule has 1 aromatic carbocycles. The second-order valence-electron chi connectivity index (χ2n) is 5.63. The lowest BCUT2D eigenvalue weighted by Crippen LogP contribution is -2.37. The van der Waals surface area contributed by atoms with Gasteiger partial charge in [-0.3, -0.25) is 4.99 Å². The number of rotatable bonds is 5. The Hall–Kier alpha value is -1.62. The Labute approximate surface area is 160 Å². The van der Waals surface area contributed by atoms with E-state index in [0.717, 1.165) is 13.0 Å². The van der Waals surface area contributed by atoms with Gasteiger partial charge >= 0.3 is 0 Å². The predicted molar refractivity (Wildman–Crippen MR) is 106 cm³/mol. The van der Waals surface area contributed by atoms with E-state index in [9.17, 15) is 4.39 Å². The summed E-state index contributed by atoms with van der Waals surface area (Å²) in [5.41, 5.74) is 2.42. The number of aliphatic imine (C=N–C) groups is 1. The fourth-order valence-electron chi connectivity index (χ4n) is 2.65. The molecule has 4 nitrogen and oxygen atoms in total. The summed E-state index contributed by atoms with van der Waals surface area (Å²) in [6.45, 7) is 1.11. The van der Waals surface area contributed by atoms with Crippen molar-refractivity contribution in [3.05, 3.63) is 46.8 Å². The molecule has 1 aliphatic carbocycles. The Kier molecular flexibility index (Phi) is 9.38. The first-order valence-corrected chi connectivity index (χ1v) is 8.04. The topological polar surface area (TPSA) is 60.2 Å². The summed E-state index contributed by atoms with van der Waals surface area (Å²) in [4.78, 5) is 4.15. The third-order valence-corrected chi connectivity index (χ3v) is 3.97. The number of hydrogen-bond acceptors (Lipinski definition) is 2. The molecule has 0 heterocycles. The normalized spacial score (nSPS) is 14.2. The molecule has 2 rings (SSSR count). The van der Waals surface area contributed by atoms with E-state index in [0.29, 0.717) is 23.6 Å². The zero-order valence-corrected chi connectivity index (χ0v) is 16.3. The maximum Gasteiger partial charge on any atom is 0.191 e. The van der Waals surface area contributed by atoms with E-state index in [4.69, 9.17) is 5.26 Å². The molecule has 1 aliphatic rings. The zero-order chi connectivity index (χ0) is 16.5. The lowest BCUT2D eigenvalue weighted by Gasteiger charge is -2.15. The van der Waals surface area contributed by atoms with Gasteiger partial charge in [-0.15, -0.1) is 24.0 Å². The van der Waals surface area contributed by atoms with E-state index in [2.05, 4.69) is 21.7 Å². The van der Waals surface area contributed by atoms with Crippen LogP contribution < -0.4 is 10.6 Å². The van der Waals surface area contributed by atoms with E-state index < -0.39 is 0 Å². The van der Waals surface area contributed by atoms with Gasteiger partial charge in [-0.05, 0) is 50.3 Å². The first kappa shape index (κ1) is 20.4. The van der Waals surface area contributed by atoms with E-state index in [1.807, 2.05) is 6.07 Å². The van der Waals surface area contributed by atoms with Gasteiger partial charge in [0.25, 0.3) is 0 Å². The van der Waals surface area contributed by atoms with Gasteiger partial charge in [0, 0.05) is 25.7 Å². The minimum absolute atomic E-state index is 0. The average Bonchev–Trinajstić information content (AvgIpc) is 2.60. The molecule has 0 aromatic heterocycles. The minimum Gasteiger partial charge on any atom is -0.356 e. The first-order chi connectivity index (χ1) is 11.2. The van der Waals surface area contributed by atoms with Crippen molar-refractivity contribution in [2.45, 2.75) is 38.6 Å². The molecule has 1 aromatic rings. The van der Waals surface area contributed by atoms with Gasteiger partial charge in [0.1, 0.15) is 5.82 Å². The molecule has 0 saturated heterocycles. The summed E-state index contributed by atoms with van der Waals surface area (Å²) >= 11 is 0. The summed E-state index contributed by atoms with van der Waals surface area (Å²) in [7, 11) is 1.69. The largest absolute Gasteiger partial charge is 0.356 e. The average molecular weight is 442 g/mol. The molecule has 0 spiro atoms. The molecule has 0 saturated carbocycles. The van der Waals surface area contributed by atoms with E-state index in [-0.39, 0.29) is 29.8 Å². The van der Waals surface area contributed by atoms with Gasteiger partial charge in [0.05, 0.1) is 11.6 Å². The van der Waals surface area contributed by atoms with Crippen LogP contribution in [0.15, 0.2) is 34.8 Å². The van der Waals surface area contributed by atoms with Crippen molar-refractivity contribution < 1.29 is 4.39 Å². The second-order valence-corrected chi connectivity index (χ2v) is 5.63. The summed E-state index contributed by atoms with van der Waals surface area (Å²) in [6.07, 6.45) is 8.32. The highest BCUT2D eigenvalue weighted by Gasteiger charge is 2.06. The van der Waals surface area contributed by atoms with Crippen LogP contribution in [0.2, 0.25) is 0 Å². The molecule has 6 heteroatoms. The molecule has 24 heavy (non-hydrogen) atoms. The van der Waals surface area contributed by atoms with Crippen LogP contribution in [0, 0.1) is 17.1 Å². The van der Waals surface area contributed by atoms with Crippen LogP contribution in [-0.2, 0) is 6.54 Å². The standard InChI is InChI=1S/C18H23FN4.HI/c1-21-18(22-10-9-14-5-3-2-4-6-14)23-13-16-11-15(12-20)7-8-17(16)19;/h5,7-8,11H,2-4,6,9-10,13H2,1H3,(H2,21,22,23);1H. The number of nitrogens with one attached hydrogen (secondary N) is 2. The number of halogens is 2. The Balaban J connectivity index is 0.00000288. The first-order valence-electron chi connectivity index (χ1n) is 8.04. The van der Waals surface area contributed by atoms with Crippen molar-refractivity contribution in [1.82, 2.24) is 10.6 Å². The lowest BCUT2D eigenvalue weighted by molar-refractivity contribution is 0.604. The van der Waals surface area contributed by atoms with Gasteiger partial charge in [-0.1, -0.05) is 11.6 Å². The minimum atomic E-state index is -0.320. The van der Waals surface area contributed by atoms with Gasteiger partial charge in [0.2, 0.25) is 0 Å². The van der Waals surface area contributed by atoms with Crippen molar-refractivity contribution in [3.8, 4) is 6.07 Å². The number of benzene rings is 1. The highest BCUT2D eigenvalue weighted by molar-refractivity contribution is 14.0. The molecule has 0 aliphatic heterocycles. The van der Waals surface area contributed by atoms with Gasteiger partial charge < -0.3 is 10.6 Å². The fraction of sp³-hybridized carbons (Fsp3) is 0.444. The van der Waals surface area contributed by atoms with Crippen LogP contribution in [0.4, 0.5) is 4.39 Å². The van der Waals surface area contributed by atoms with Crippen molar-refractivity contribution in [1.29, 1.82) is 5.26 Å². The summed E-state index contributed by atoms with van der Waals surface area (Å²) in [5, 5.41) is 15.2. The Morgan fingerprint density at radius 1 is 1.33 bits per heavy atom. The van der Waals surface area contributed by atoms with Crippen molar-refractivity contribution in [2.24, 2.45) is 4.99 Å². The Morgan fingerprint density at radius 2 is 2.17 bits per heavy atom. The van der Waals surface area contributed by atoms with Crippen LogP contribution in [0.3, 0.4) is 0 Å². The van der Waals surface area contributed by atoms with Crippen molar-refractivity contribution >= 4 is 29.9 Å². The maximum atomic E-state index is 13.7. The lowest BCUT2D eigenvalue weighted by atomic mass is 9.97. The summed E-state index contributed by atoms with van der Waals surface area (Å²) in [6, 6.07) is 6.38. The smallest absolute Gasteiger partial charge is 0.191 e. The van der Waals surface area contributed by atoms with Gasteiger partial charge in [-0.2, -0.15) is 5.26 Å². The van der Waals surface area contributed by atoms with Crippen molar-refractivity contribution in [2.75, 3.05) is 13.6 Å². The summed E-state index contributed by atoms with van der Waals surface area (Å²) < 4.78 is 13.7. The quantitative estimate of drug-likeness (QED) is 0.315. The highest BCUT2D eigenvalue weighted by Crippen LogP contribution is 2.19. The summed E-state index contributed by atoms with van der Waals surface area (Å²) in [5.74, 6) is 0.322. The van der Waals surface area contributed by atoms with Crippen LogP contribution >= 0.6 is 24.0 Å². The van der Waals surface area contributed by atoms with Gasteiger partial charge in [-0.25, -0.2) is 4.39 Å². The number of hydrogen-bond donors (Lipinski definition) is 2. The molecule has 0 radical (unpaired) electrons. The van der Waals surface area contributed by atoms with Crippen LogP contribution in [0.5, 0.6) is 0 Å². The fourth-order valence-corrected chi connectivity index (χ4v) is 2.65.